The van der Waals surface area contributed by atoms with Crippen LogP contribution in [0.25, 0.3) is 22.5 Å². The zero-order valence-electron chi connectivity index (χ0n) is 20.5. The van der Waals surface area contributed by atoms with Crippen LogP contribution in [0.3, 0.4) is 0 Å². The van der Waals surface area contributed by atoms with Gasteiger partial charge in [-0.2, -0.15) is 18.3 Å². The number of carbonyl (C=O) groups excluding carboxylic acids is 2. The van der Waals surface area contributed by atoms with Gasteiger partial charge in [-0.05, 0) is 36.8 Å². The van der Waals surface area contributed by atoms with Crippen molar-refractivity contribution in [2.75, 3.05) is 5.32 Å². The summed E-state index contributed by atoms with van der Waals surface area (Å²) in [5.41, 5.74) is -0.579. The predicted molar refractivity (Wildman–Crippen MR) is 131 cm³/mol. The second kappa shape index (κ2) is 10.4. The van der Waals surface area contributed by atoms with E-state index in [1.165, 1.54) is 37.1 Å². The van der Waals surface area contributed by atoms with Gasteiger partial charge in [-0.25, -0.2) is 14.4 Å². The lowest BCUT2D eigenvalue weighted by molar-refractivity contribution is -0.137. The Labute approximate surface area is 214 Å². The third-order valence-corrected chi connectivity index (χ3v) is 5.55. The number of alkyl halides is 3. The number of halogens is 4. The maximum atomic E-state index is 14.9. The molecule has 38 heavy (non-hydrogen) atoms. The first kappa shape index (κ1) is 26.5. The van der Waals surface area contributed by atoms with Crippen molar-refractivity contribution in [2.45, 2.75) is 26.6 Å². The van der Waals surface area contributed by atoms with Gasteiger partial charge in [0.2, 0.25) is 5.91 Å². The molecule has 0 aliphatic rings. The summed E-state index contributed by atoms with van der Waals surface area (Å²) in [6.45, 7) is 3.30. The highest BCUT2D eigenvalue weighted by Gasteiger charge is 2.36. The Hall–Kier alpha value is -4.61. The molecular weight excluding hydrogens is 504 g/mol. The van der Waals surface area contributed by atoms with Crippen molar-refractivity contribution in [1.29, 1.82) is 0 Å². The molecule has 0 radical (unpaired) electrons. The van der Waals surface area contributed by atoms with Crippen LogP contribution in [0.15, 0.2) is 54.9 Å². The van der Waals surface area contributed by atoms with Crippen molar-refractivity contribution < 1.29 is 27.2 Å². The Morgan fingerprint density at radius 2 is 1.87 bits per heavy atom. The fourth-order valence-electron chi connectivity index (χ4n) is 3.78. The van der Waals surface area contributed by atoms with Crippen LogP contribution in [-0.2, 0) is 24.6 Å². The molecule has 0 atom stereocenters. The Morgan fingerprint density at radius 1 is 1.11 bits per heavy atom. The molecule has 0 spiro atoms. The Bertz CT molecular complexity index is 1530. The standard InChI is InChI=1S/C26H22F4N6O2/c1-14-31-13-23(24(33-14)17-6-4-5-16(9-17)12-32-15(2)37)34-25(38)19-10-18(22-7-8-36(3)35-22)20(11-21(19)27)26(28,29)30/h4-11,13H,12H2,1-3H3,(H,32,37)(H,34,38). The molecule has 0 aliphatic carbocycles. The largest absolute Gasteiger partial charge is 0.417 e. The van der Waals surface area contributed by atoms with E-state index in [2.05, 4.69) is 25.7 Å². The summed E-state index contributed by atoms with van der Waals surface area (Å²) in [6, 6.07) is 9.48. The van der Waals surface area contributed by atoms with Crippen LogP contribution in [0.5, 0.6) is 0 Å². The molecule has 4 rings (SSSR count). The fraction of sp³-hybridized carbons (Fsp3) is 0.192. The number of amides is 2. The van der Waals surface area contributed by atoms with Crippen molar-refractivity contribution in [3.8, 4) is 22.5 Å². The van der Waals surface area contributed by atoms with Gasteiger partial charge in [0.15, 0.2) is 0 Å². The lowest BCUT2D eigenvalue weighted by Gasteiger charge is -2.15. The molecule has 0 unspecified atom stereocenters. The van der Waals surface area contributed by atoms with Crippen LogP contribution in [0.4, 0.5) is 23.2 Å². The SMILES string of the molecule is CC(=O)NCc1cccc(-c2nc(C)ncc2NC(=O)c2cc(-c3ccn(C)n3)c(C(F)(F)F)cc2F)c1. The van der Waals surface area contributed by atoms with Crippen LogP contribution in [0.2, 0.25) is 0 Å². The number of carbonyl (C=O) groups is 2. The summed E-state index contributed by atoms with van der Waals surface area (Å²) < 4.78 is 57.2. The first-order valence-electron chi connectivity index (χ1n) is 11.3. The average Bonchev–Trinajstić information content (AvgIpc) is 3.29. The fourth-order valence-corrected chi connectivity index (χ4v) is 3.78. The Kier molecular flexibility index (Phi) is 7.24. The molecule has 12 heteroatoms. The highest BCUT2D eigenvalue weighted by atomic mass is 19.4. The molecule has 0 saturated carbocycles. The number of nitrogens with one attached hydrogen (secondary N) is 2. The highest BCUT2D eigenvalue weighted by molar-refractivity contribution is 6.06. The van der Waals surface area contributed by atoms with E-state index in [4.69, 9.17) is 0 Å². The molecular formula is C26H22F4N6O2. The van der Waals surface area contributed by atoms with Gasteiger partial charge in [-0.3, -0.25) is 14.3 Å². The van der Waals surface area contributed by atoms with Crippen molar-refractivity contribution in [1.82, 2.24) is 25.1 Å². The van der Waals surface area contributed by atoms with Gasteiger partial charge in [0.05, 0.1) is 34.4 Å². The summed E-state index contributed by atoms with van der Waals surface area (Å²) in [5, 5.41) is 9.20. The van der Waals surface area contributed by atoms with E-state index in [0.29, 0.717) is 17.1 Å². The number of nitrogens with zero attached hydrogens (tertiary/aromatic N) is 4. The van der Waals surface area contributed by atoms with Crippen molar-refractivity contribution >= 4 is 17.5 Å². The van der Waals surface area contributed by atoms with Gasteiger partial charge >= 0.3 is 6.18 Å². The van der Waals surface area contributed by atoms with E-state index >= 15 is 0 Å². The number of aryl methyl sites for hydroxylation is 2. The molecule has 0 fully saturated rings. The monoisotopic (exact) mass is 526 g/mol. The normalized spacial score (nSPS) is 11.3. The molecule has 0 bridgehead atoms. The Morgan fingerprint density at radius 3 is 2.53 bits per heavy atom. The van der Waals surface area contributed by atoms with Crippen LogP contribution >= 0.6 is 0 Å². The summed E-state index contributed by atoms with van der Waals surface area (Å²) in [4.78, 5) is 32.9. The molecule has 2 heterocycles. The van der Waals surface area contributed by atoms with Crippen LogP contribution in [0.1, 0.15) is 34.2 Å². The zero-order chi connectivity index (χ0) is 27.6. The molecule has 0 saturated heterocycles. The minimum Gasteiger partial charge on any atom is -0.352 e. The molecule has 0 aliphatic heterocycles. The molecule has 2 aromatic carbocycles. The van der Waals surface area contributed by atoms with Gasteiger partial charge in [0, 0.05) is 37.8 Å². The van der Waals surface area contributed by atoms with Gasteiger partial charge in [0.25, 0.3) is 5.91 Å². The van der Waals surface area contributed by atoms with E-state index in [9.17, 15) is 27.2 Å². The second-order valence-electron chi connectivity index (χ2n) is 8.49. The minimum absolute atomic E-state index is 0.0655. The summed E-state index contributed by atoms with van der Waals surface area (Å²) in [5.74, 6) is -2.15. The van der Waals surface area contributed by atoms with E-state index in [-0.39, 0.29) is 29.9 Å². The zero-order valence-corrected chi connectivity index (χ0v) is 20.5. The molecule has 2 amide bonds. The second-order valence-corrected chi connectivity index (χ2v) is 8.49. The first-order valence-corrected chi connectivity index (χ1v) is 11.3. The third-order valence-electron chi connectivity index (χ3n) is 5.55. The number of aromatic nitrogens is 4. The van der Waals surface area contributed by atoms with E-state index in [1.54, 1.807) is 31.2 Å². The molecule has 4 aromatic rings. The third kappa shape index (κ3) is 5.85. The first-order chi connectivity index (χ1) is 17.9. The summed E-state index contributed by atoms with van der Waals surface area (Å²) in [6.07, 6.45) is -2.10. The number of hydrogen-bond donors (Lipinski definition) is 2. The topological polar surface area (TPSA) is 102 Å². The number of anilines is 1. The minimum atomic E-state index is -4.87. The van der Waals surface area contributed by atoms with E-state index in [0.717, 1.165) is 11.6 Å². The Balaban J connectivity index is 1.73. The number of hydrogen-bond acceptors (Lipinski definition) is 5. The van der Waals surface area contributed by atoms with E-state index in [1.807, 2.05) is 0 Å². The lowest BCUT2D eigenvalue weighted by atomic mass is 9.99. The number of rotatable bonds is 6. The maximum Gasteiger partial charge on any atom is 0.417 e. The summed E-state index contributed by atoms with van der Waals surface area (Å²) >= 11 is 0. The molecule has 2 aromatic heterocycles. The van der Waals surface area contributed by atoms with Crippen LogP contribution in [0, 0.1) is 12.7 Å². The van der Waals surface area contributed by atoms with Gasteiger partial charge < -0.3 is 10.6 Å². The highest BCUT2D eigenvalue weighted by Crippen LogP contribution is 2.38. The molecule has 196 valence electrons. The van der Waals surface area contributed by atoms with Gasteiger partial charge in [0.1, 0.15) is 11.6 Å². The van der Waals surface area contributed by atoms with E-state index < -0.39 is 34.6 Å². The van der Waals surface area contributed by atoms with Crippen molar-refractivity contribution in [3.63, 3.8) is 0 Å². The van der Waals surface area contributed by atoms with Crippen LogP contribution in [-0.4, -0.2) is 31.6 Å². The number of benzene rings is 2. The van der Waals surface area contributed by atoms with Crippen molar-refractivity contribution in [3.05, 3.63) is 83.2 Å². The predicted octanol–water partition coefficient (Wildman–Crippen LogP) is 4.90. The lowest BCUT2D eigenvalue weighted by Crippen LogP contribution is -2.19. The summed E-state index contributed by atoms with van der Waals surface area (Å²) in [7, 11) is 1.53. The molecule has 8 nitrogen and oxygen atoms in total. The quantitative estimate of drug-likeness (QED) is 0.348. The average molecular weight is 526 g/mol. The molecule has 2 N–H and O–H groups in total. The van der Waals surface area contributed by atoms with Gasteiger partial charge in [-0.15, -0.1) is 0 Å². The van der Waals surface area contributed by atoms with Crippen LogP contribution < -0.4 is 10.6 Å². The van der Waals surface area contributed by atoms with Gasteiger partial charge in [-0.1, -0.05) is 18.2 Å². The van der Waals surface area contributed by atoms with Crippen molar-refractivity contribution in [2.24, 2.45) is 7.05 Å². The smallest absolute Gasteiger partial charge is 0.352 e. The maximum absolute atomic E-state index is 14.9.